The number of likely N-dealkylation sites (N-methyl/N-ethyl adjacent to an activating group) is 1. The highest BCUT2D eigenvalue weighted by Gasteiger charge is 2.43. The van der Waals surface area contributed by atoms with E-state index < -0.39 is 29.7 Å². The third kappa shape index (κ3) is 4.50. The second-order valence-corrected chi connectivity index (χ2v) is 8.51. The van der Waals surface area contributed by atoms with E-state index in [1.807, 2.05) is 24.3 Å². The van der Waals surface area contributed by atoms with Gasteiger partial charge in [0.15, 0.2) is 0 Å². The van der Waals surface area contributed by atoms with Gasteiger partial charge in [-0.05, 0) is 30.0 Å². The smallest absolute Gasteiger partial charge is 0.277 e. The first kappa shape index (κ1) is 22.7. The summed E-state index contributed by atoms with van der Waals surface area (Å²) in [6.07, 6.45) is 4.24. The summed E-state index contributed by atoms with van der Waals surface area (Å²) in [6, 6.07) is 6.83. The Kier molecular flexibility index (Phi) is 6.00. The van der Waals surface area contributed by atoms with Crippen molar-refractivity contribution in [2.45, 2.75) is 31.8 Å². The molecule has 1 saturated heterocycles. The molecule has 1 aromatic heterocycles. The summed E-state index contributed by atoms with van der Waals surface area (Å²) < 4.78 is 10.8. The molecular formula is C24H23N5O6. The first-order valence-corrected chi connectivity index (χ1v) is 11.2. The van der Waals surface area contributed by atoms with E-state index in [0.717, 1.165) is 22.4 Å². The van der Waals surface area contributed by atoms with Crippen molar-refractivity contribution in [3.63, 3.8) is 0 Å². The van der Waals surface area contributed by atoms with Gasteiger partial charge in [-0.3, -0.25) is 29.4 Å². The van der Waals surface area contributed by atoms with Crippen LogP contribution in [-0.2, 0) is 30.5 Å². The van der Waals surface area contributed by atoms with Gasteiger partial charge in [0, 0.05) is 25.1 Å². The van der Waals surface area contributed by atoms with Gasteiger partial charge in [0.05, 0.1) is 19.8 Å². The average Bonchev–Trinajstić information content (AvgIpc) is 3.44. The van der Waals surface area contributed by atoms with Gasteiger partial charge in [0.2, 0.25) is 23.5 Å². The number of hydrogen-bond acceptors (Lipinski definition) is 9. The molecule has 3 aliphatic rings. The lowest BCUT2D eigenvalue weighted by molar-refractivity contribution is -0.150. The third-order valence-electron chi connectivity index (χ3n) is 6.16. The second-order valence-electron chi connectivity index (χ2n) is 8.51. The number of carbonyl (C=O) groups excluding carboxylic acids is 4. The molecule has 180 valence electrons. The lowest BCUT2D eigenvalue weighted by Gasteiger charge is -2.29. The Morgan fingerprint density at radius 2 is 2.00 bits per heavy atom. The van der Waals surface area contributed by atoms with Crippen LogP contribution in [0.5, 0.6) is 0 Å². The fourth-order valence-corrected chi connectivity index (χ4v) is 4.34. The van der Waals surface area contributed by atoms with E-state index in [1.165, 1.54) is 16.5 Å². The minimum atomic E-state index is -1.01. The van der Waals surface area contributed by atoms with Crippen molar-refractivity contribution < 1.29 is 28.4 Å². The quantitative estimate of drug-likeness (QED) is 0.605. The second kappa shape index (κ2) is 9.26. The molecule has 11 nitrogen and oxygen atoms in total. The zero-order valence-electron chi connectivity index (χ0n) is 19.0. The molecule has 0 bridgehead atoms. The van der Waals surface area contributed by atoms with Gasteiger partial charge in [0.1, 0.15) is 11.7 Å². The Balaban J connectivity index is 1.28. The number of nitrogens with zero attached hydrogens (tertiary/aromatic N) is 4. The van der Waals surface area contributed by atoms with Crippen LogP contribution in [0.3, 0.4) is 0 Å². The van der Waals surface area contributed by atoms with Crippen LogP contribution in [0.25, 0.3) is 17.0 Å². The van der Waals surface area contributed by atoms with Gasteiger partial charge in [-0.15, -0.1) is 0 Å². The van der Waals surface area contributed by atoms with Crippen LogP contribution >= 0.6 is 0 Å². The lowest BCUT2D eigenvalue weighted by atomic mass is 9.99. The van der Waals surface area contributed by atoms with Crippen molar-refractivity contribution in [1.82, 2.24) is 25.3 Å². The normalized spacial score (nSPS) is 20.6. The van der Waals surface area contributed by atoms with E-state index >= 15 is 0 Å². The molecule has 0 aliphatic carbocycles. The fraction of sp³-hybridized carbons (Fsp3) is 0.333. The molecule has 1 N–H and O–H groups in total. The SMILES string of the molecule is CN(Cc1nc(-c2cccc(C3=CCOCC3)c2)no1)C1=CC(=O)N(C2CCC(=O)NC2=O)C1=O. The highest BCUT2D eigenvalue weighted by Crippen LogP contribution is 2.27. The predicted molar refractivity (Wildman–Crippen MR) is 121 cm³/mol. The van der Waals surface area contributed by atoms with Crippen molar-refractivity contribution in [3.8, 4) is 11.4 Å². The summed E-state index contributed by atoms with van der Waals surface area (Å²) in [6.45, 7) is 1.37. The standard InChI is InChI=1S/C24H23N5O6/c1-28(18-12-21(31)29(24(18)33)17-5-6-19(30)25-23(17)32)13-20-26-22(27-35-20)16-4-2-3-15(11-16)14-7-9-34-10-8-14/h2-4,7,11-12,17H,5-6,8-10,13H2,1H3,(H,25,30,32). The molecule has 0 spiro atoms. The number of aromatic nitrogens is 2. The maximum Gasteiger partial charge on any atom is 0.277 e. The Bertz CT molecular complexity index is 1280. The molecule has 1 aromatic carbocycles. The topological polar surface area (TPSA) is 135 Å². The van der Waals surface area contributed by atoms with E-state index in [9.17, 15) is 19.2 Å². The summed E-state index contributed by atoms with van der Waals surface area (Å²) in [5, 5.41) is 6.24. The summed E-state index contributed by atoms with van der Waals surface area (Å²) in [5.74, 6) is -1.60. The number of carbonyl (C=O) groups is 4. The van der Waals surface area contributed by atoms with Crippen molar-refractivity contribution in [2.24, 2.45) is 0 Å². The van der Waals surface area contributed by atoms with E-state index in [0.29, 0.717) is 19.0 Å². The van der Waals surface area contributed by atoms with Crippen LogP contribution < -0.4 is 5.32 Å². The highest BCUT2D eigenvalue weighted by atomic mass is 16.5. The molecule has 1 atom stereocenters. The number of hydrogen-bond donors (Lipinski definition) is 1. The Hall–Kier alpha value is -4.12. The molecule has 3 aliphatic heterocycles. The summed E-state index contributed by atoms with van der Waals surface area (Å²) in [7, 11) is 1.62. The van der Waals surface area contributed by atoms with Crippen molar-refractivity contribution in [2.75, 3.05) is 20.3 Å². The minimum absolute atomic E-state index is 0.0651. The van der Waals surface area contributed by atoms with E-state index in [1.54, 1.807) is 7.05 Å². The van der Waals surface area contributed by atoms with Crippen LogP contribution in [0.15, 0.2) is 46.6 Å². The zero-order valence-corrected chi connectivity index (χ0v) is 19.0. The molecule has 2 aromatic rings. The molecule has 4 amide bonds. The number of amides is 4. The minimum Gasteiger partial charge on any atom is -0.377 e. The monoisotopic (exact) mass is 477 g/mol. The summed E-state index contributed by atoms with van der Waals surface area (Å²) in [5.41, 5.74) is 3.18. The lowest BCUT2D eigenvalue weighted by Crippen LogP contribution is -2.54. The van der Waals surface area contributed by atoms with Gasteiger partial charge in [-0.2, -0.15) is 4.98 Å². The maximum absolute atomic E-state index is 12.9. The number of rotatable bonds is 6. The molecular weight excluding hydrogens is 454 g/mol. The van der Waals surface area contributed by atoms with Crippen LogP contribution in [0.4, 0.5) is 0 Å². The first-order chi connectivity index (χ1) is 16.9. The van der Waals surface area contributed by atoms with E-state index in [-0.39, 0.29) is 31.0 Å². The van der Waals surface area contributed by atoms with Crippen LogP contribution in [0.2, 0.25) is 0 Å². The van der Waals surface area contributed by atoms with Crippen molar-refractivity contribution in [3.05, 3.63) is 53.6 Å². The Morgan fingerprint density at radius 3 is 2.77 bits per heavy atom. The molecule has 4 heterocycles. The molecule has 35 heavy (non-hydrogen) atoms. The van der Waals surface area contributed by atoms with Crippen LogP contribution in [-0.4, -0.2) is 69.9 Å². The average molecular weight is 477 g/mol. The zero-order chi connectivity index (χ0) is 24.5. The molecule has 11 heteroatoms. The van der Waals surface area contributed by atoms with Crippen molar-refractivity contribution in [1.29, 1.82) is 0 Å². The van der Waals surface area contributed by atoms with Gasteiger partial charge >= 0.3 is 0 Å². The van der Waals surface area contributed by atoms with Crippen molar-refractivity contribution >= 4 is 29.2 Å². The largest absolute Gasteiger partial charge is 0.377 e. The fourth-order valence-electron chi connectivity index (χ4n) is 4.34. The Morgan fingerprint density at radius 1 is 1.17 bits per heavy atom. The highest BCUT2D eigenvalue weighted by molar-refractivity contribution is 6.18. The van der Waals surface area contributed by atoms with E-state index in [4.69, 9.17) is 9.26 Å². The predicted octanol–water partition coefficient (Wildman–Crippen LogP) is 1.03. The number of ether oxygens (including phenoxy) is 1. The molecule has 1 unspecified atom stereocenters. The molecule has 1 fully saturated rings. The number of piperidine rings is 1. The van der Waals surface area contributed by atoms with Gasteiger partial charge in [-0.1, -0.05) is 29.4 Å². The Labute approximate surface area is 200 Å². The van der Waals surface area contributed by atoms with Crippen LogP contribution in [0, 0.1) is 0 Å². The summed E-state index contributed by atoms with van der Waals surface area (Å²) in [4.78, 5) is 55.9. The number of benzene rings is 1. The third-order valence-corrected chi connectivity index (χ3v) is 6.16. The molecule has 0 radical (unpaired) electrons. The van der Waals surface area contributed by atoms with Gasteiger partial charge < -0.3 is 14.2 Å². The summed E-state index contributed by atoms with van der Waals surface area (Å²) >= 11 is 0. The number of imide groups is 2. The van der Waals surface area contributed by atoms with Gasteiger partial charge in [-0.25, -0.2) is 0 Å². The molecule has 5 rings (SSSR count). The maximum atomic E-state index is 12.9. The van der Waals surface area contributed by atoms with E-state index in [2.05, 4.69) is 21.5 Å². The van der Waals surface area contributed by atoms with Gasteiger partial charge in [0.25, 0.3) is 11.8 Å². The molecule has 0 saturated carbocycles. The first-order valence-electron chi connectivity index (χ1n) is 11.2. The number of nitrogens with one attached hydrogen (secondary N) is 1. The van der Waals surface area contributed by atoms with Crippen LogP contribution in [0.1, 0.15) is 30.7 Å².